The number of Topliss-reactive ketones (excluding diaryl/α,β-unsaturated/α-hetero) is 1. The molecule has 1 atom stereocenters. The maximum Gasteiger partial charge on any atom is 0.171 e. The number of carbonyl (C=O) groups excluding carboxylic acids is 1. The molecule has 1 unspecified atom stereocenters. The number of nitrogens with zero attached hydrogens (tertiary/aromatic N) is 1. The van der Waals surface area contributed by atoms with E-state index in [1.807, 2.05) is 54.6 Å². The number of carbonyl (C=O) groups is 1. The summed E-state index contributed by atoms with van der Waals surface area (Å²) in [6, 6.07) is 17.4. The predicted molar refractivity (Wildman–Crippen MR) is 172 cm³/mol. The fraction of sp³-hybridized carbons (Fsp3) is 0.371. The van der Waals surface area contributed by atoms with Gasteiger partial charge in [-0.1, -0.05) is 18.2 Å². The fourth-order valence-corrected chi connectivity index (χ4v) is 7.57. The summed E-state index contributed by atoms with van der Waals surface area (Å²) in [6.45, 7) is 0.765. The fourth-order valence-electron chi connectivity index (χ4n) is 6.33. The van der Waals surface area contributed by atoms with Crippen LogP contribution in [-0.4, -0.2) is 58.1 Å². The summed E-state index contributed by atoms with van der Waals surface area (Å²) < 4.78 is 28.8. The van der Waals surface area contributed by atoms with Gasteiger partial charge in [0.2, 0.25) is 0 Å². The lowest BCUT2D eigenvalue weighted by Crippen LogP contribution is -2.57. The molecule has 1 N–H and O–H groups in total. The van der Waals surface area contributed by atoms with Gasteiger partial charge in [0.25, 0.3) is 0 Å². The number of pyridine rings is 1. The van der Waals surface area contributed by atoms with Gasteiger partial charge in [-0.15, -0.1) is 11.8 Å². The molecule has 0 bridgehead atoms. The van der Waals surface area contributed by atoms with Gasteiger partial charge in [-0.2, -0.15) is 0 Å². The number of fused-ring (bicyclic) bond motifs is 3. The largest absolute Gasteiger partial charge is 0.493 e. The molecule has 8 nitrogen and oxygen atoms in total. The summed E-state index contributed by atoms with van der Waals surface area (Å²) in [4.78, 5) is 20.8. The Labute approximate surface area is 262 Å². The number of aromatic nitrogens is 1. The molecule has 0 spiro atoms. The monoisotopic (exact) mass is 614 g/mol. The third kappa shape index (κ3) is 5.55. The predicted octanol–water partition coefficient (Wildman–Crippen LogP) is 5.93. The van der Waals surface area contributed by atoms with Crippen molar-refractivity contribution in [2.24, 2.45) is 0 Å². The van der Waals surface area contributed by atoms with Gasteiger partial charge in [-0.3, -0.25) is 15.1 Å². The van der Waals surface area contributed by atoms with Crippen LogP contribution < -0.4 is 29.0 Å². The zero-order valence-electron chi connectivity index (χ0n) is 25.7. The Morgan fingerprint density at radius 2 is 1.55 bits per heavy atom. The molecule has 230 valence electrons. The van der Waals surface area contributed by atoms with E-state index < -0.39 is 5.54 Å². The molecule has 1 aliphatic heterocycles. The van der Waals surface area contributed by atoms with E-state index in [0.717, 1.165) is 64.7 Å². The van der Waals surface area contributed by atoms with Crippen LogP contribution in [-0.2, 0) is 29.6 Å². The van der Waals surface area contributed by atoms with Crippen LogP contribution in [0.2, 0.25) is 0 Å². The standard InChI is InChI=1S/C35H38N2O6S/c1-39-29-16-22-14-15-36-35(26(22)18-31(29)41-3,21-43-23-10-6-5-7-11-23)33(38)20-44-34-24-12-8-9-13-27(24)37-28-19-32(42-4)30(40-2)17-25(28)34/h5-7,10-11,16-19,36H,8-9,12-15,20-21H2,1-4H3. The van der Waals surface area contributed by atoms with Crippen molar-refractivity contribution < 1.29 is 28.5 Å². The number of hydrogen-bond donors (Lipinski definition) is 1. The summed E-state index contributed by atoms with van der Waals surface area (Å²) in [7, 11) is 6.51. The average molecular weight is 615 g/mol. The summed E-state index contributed by atoms with van der Waals surface area (Å²) in [6.07, 6.45) is 4.82. The lowest BCUT2D eigenvalue weighted by Gasteiger charge is -2.39. The molecule has 1 aromatic heterocycles. The third-order valence-electron chi connectivity index (χ3n) is 8.63. The minimum Gasteiger partial charge on any atom is -0.493 e. The Bertz CT molecular complexity index is 1670. The molecule has 1 aliphatic carbocycles. The Balaban J connectivity index is 1.41. The summed E-state index contributed by atoms with van der Waals surface area (Å²) >= 11 is 1.57. The Morgan fingerprint density at radius 3 is 2.30 bits per heavy atom. The van der Waals surface area contributed by atoms with Crippen LogP contribution in [0.3, 0.4) is 0 Å². The van der Waals surface area contributed by atoms with Gasteiger partial charge in [-0.05, 0) is 79.1 Å². The maximum atomic E-state index is 14.7. The Hall–Kier alpha value is -3.95. The summed E-state index contributed by atoms with van der Waals surface area (Å²) in [5.74, 6) is 3.47. The Morgan fingerprint density at radius 1 is 0.864 bits per heavy atom. The first kappa shape index (κ1) is 30.1. The first-order valence-electron chi connectivity index (χ1n) is 14.9. The molecule has 4 aromatic rings. The van der Waals surface area contributed by atoms with E-state index >= 15 is 0 Å². The molecule has 2 aliphatic rings. The highest BCUT2D eigenvalue weighted by atomic mass is 32.2. The van der Waals surface area contributed by atoms with Crippen LogP contribution in [0.25, 0.3) is 10.9 Å². The van der Waals surface area contributed by atoms with Crippen LogP contribution in [0.15, 0.2) is 59.5 Å². The van der Waals surface area contributed by atoms with Crippen molar-refractivity contribution in [3.63, 3.8) is 0 Å². The van der Waals surface area contributed by atoms with Crippen molar-refractivity contribution in [1.29, 1.82) is 0 Å². The lowest BCUT2D eigenvalue weighted by molar-refractivity contribution is -0.124. The molecule has 44 heavy (non-hydrogen) atoms. The molecule has 2 heterocycles. The molecule has 0 saturated carbocycles. The number of aryl methyl sites for hydroxylation is 1. The number of hydrogen-bond acceptors (Lipinski definition) is 9. The van der Waals surface area contributed by atoms with Crippen LogP contribution in [0.5, 0.6) is 28.7 Å². The van der Waals surface area contributed by atoms with Crippen molar-refractivity contribution in [2.75, 3.05) is 47.3 Å². The topological polar surface area (TPSA) is 88.1 Å². The van der Waals surface area contributed by atoms with E-state index in [1.165, 1.54) is 5.56 Å². The molecule has 0 radical (unpaired) electrons. The molecular formula is C35H38N2O6S. The number of nitrogens with one attached hydrogen (secondary N) is 1. The van der Waals surface area contributed by atoms with Crippen LogP contribution in [0.1, 0.15) is 35.2 Å². The average Bonchev–Trinajstić information content (AvgIpc) is 3.08. The van der Waals surface area contributed by atoms with Gasteiger partial charge in [-0.25, -0.2) is 0 Å². The smallest absolute Gasteiger partial charge is 0.171 e. The molecule has 0 fully saturated rings. The quantitative estimate of drug-likeness (QED) is 0.207. The minimum absolute atomic E-state index is 0.0293. The van der Waals surface area contributed by atoms with Crippen LogP contribution in [0, 0.1) is 0 Å². The van der Waals surface area contributed by atoms with Gasteiger partial charge >= 0.3 is 0 Å². The number of benzene rings is 3. The minimum atomic E-state index is -1.08. The third-order valence-corrected chi connectivity index (χ3v) is 9.79. The first-order chi connectivity index (χ1) is 21.5. The lowest BCUT2D eigenvalue weighted by atomic mass is 9.79. The molecule has 3 aromatic carbocycles. The van der Waals surface area contributed by atoms with Crippen molar-refractivity contribution in [2.45, 2.75) is 42.5 Å². The van der Waals surface area contributed by atoms with Crippen molar-refractivity contribution in [3.05, 3.63) is 77.0 Å². The van der Waals surface area contributed by atoms with Crippen LogP contribution >= 0.6 is 11.8 Å². The van der Waals surface area contributed by atoms with Crippen molar-refractivity contribution in [3.8, 4) is 28.7 Å². The second kappa shape index (κ2) is 13.0. The van der Waals surface area contributed by atoms with Gasteiger partial charge < -0.3 is 23.7 Å². The van der Waals surface area contributed by atoms with E-state index in [4.69, 9.17) is 28.7 Å². The second-order valence-corrected chi connectivity index (χ2v) is 12.0. The zero-order chi connectivity index (χ0) is 30.7. The molecule has 9 heteroatoms. The Kier molecular flexibility index (Phi) is 8.86. The van der Waals surface area contributed by atoms with E-state index in [0.29, 0.717) is 35.3 Å². The highest BCUT2D eigenvalue weighted by Crippen LogP contribution is 2.43. The zero-order valence-corrected chi connectivity index (χ0v) is 26.5. The summed E-state index contributed by atoms with van der Waals surface area (Å²) in [5.41, 5.74) is 3.99. The second-order valence-electron chi connectivity index (χ2n) is 11.1. The van der Waals surface area contributed by atoms with Crippen molar-refractivity contribution >= 4 is 28.4 Å². The summed E-state index contributed by atoms with van der Waals surface area (Å²) in [5, 5.41) is 4.55. The number of ketones is 1. The van der Waals surface area contributed by atoms with Gasteiger partial charge in [0.05, 0.1) is 39.7 Å². The molecule has 6 rings (SSSR count). The first-order valence-corrected chi connectivity index (χ1v) is 15.9. The van der Waals surface area contributed by atoms with Gasteiger partial charge in [0, 0.05) is 28.6 Å². The number of rotatable bonds is 11. The number of para-hydroxylation sites is 1. The van der Waals surface area contributed by atoms with E-state index in [2.05, 4.69) is 5.32 Å². The van der Waals surface area contributed by atoms with E-state index in [-0.39, 0.29) is 18.1 Å². The van der Waals surface area contributed by atoms with E-state index in [1.54, 1.807) is 40.2 Å². The van der Waals surface area contributed by atoms with Crippen LogP contribution in [0.4, 0.5) is 0 Å². The maximum absolute atomic E-state index is 14.7. The van der Waals surface area contributed by atoms with Crippen molar-refractivity contribution in [1.82, 2.24) is 10.3 Å². The highest BCUT2D eigenvalue weighted by Gasteiger charge is 2.45. The van der Waals surface area contributed by atoms with Gasteiger partial charge in [0.1, 0.15) is 17.9 Å². The SMILES string of the molecule is COc1cc2c(cc1OC)C(COc1ccccc1)(C(=O)CSc1c3c(nc4cc(OC)c(OC)cc14)CCCC3)NCC2. The molecule has 0 amide bonds. The molecule has 0 saturated heterocycles. The number of thioether (sulfide) groups is 1. The normalized spacial score (nSPS) is 17.4. The molecular weight excluding hydrogens is 576 g/mol. The number of methoxy groups -OCH3 is 4. The highest BCUT2D eigenvalue weighted by molar-refractivity contribution is 8.00. The number of ether oxygens (including phenoxy) is 5. The van der Waals surface area contributed by atoms with E-state index in [9.17, 15) is 4.79 Å². The van der Waals surface area contributed by atoms with Gasteiger partial charge in [0.15, 0.2) is 28.8 Å².